The van der Waals surface area contributed by atoms with Crippen LogP contribution in [0.4, 0.5) is 32.0 Å². The molecule has 0 saturated heterocycles. The van der Waals surface area contributed by atoms with Crippen molar-refractivity contribution in [3.05, 3.63) is 78.4 Å². The molecule has 0 spiro atoms. The topological polar surface area (TPSA) is 30.5 Å². The Balaban J connectivity index is 0.000000195. The van der Waals surface area contributed by atoms with E-state index in [0.717, 1.165) is 11.8 Å². The highest BCUT2D eigenvalue weighted by atomic mass is 19.3. The Morgan fingerprint density at radius 2 is 1.62 bits per heavy atom. The maximum atomic E-state index is 13.3. The lowest BCUT2D eigenvalue weighted by molar-refractivity contribution is -0.253. The van der Waals surface area contributed by atoms with Crippen LogP contribution in [-0.2, 0) is 0 Å². The molecule has 4 rings (SSSR count). The number of fused-ring (bicyclic) bond motifs is 1. The Morgan fingerprint density at radius 1 is 0.969 bits per heavy atom. The lowest BCUT2D eigenvalue weighted by Crippen LogP contribution is -2.33. The minimum Gasteiger partial charge on any atom is -0.489 e. The maximum Gasteiger partial charge on any atom is 0.461 e. The maximum absolute atomic E-state index is 13.3. The number of alkyl halides is 4. The molecule has 0 fully saturated rings. The van der Waals surface area contributed by atoms with Gasteiger partial charge in [-0.05, 0) is 42.8 Å². The van der Waals surface area contributed by atoms with Gasteiger partial charge in [0.2, 0.25) is 0 Å². The van der Waals surface area contributed by atoms with Gasteiger partial charge in [0.15, 0.2) is 0 Å². The van der Waals surface area contributed by atoms with E-state index >= 15 is 0 Å². The summed E-state index contributed by atoms with van der Waals surface area (Å²) in [5.41, 5.74) is 2.02. The van der Waals surface area contributed by atoms with E-state index in [1.165, 1.54) is 36.4 Å². The van der Waals surface area contributed by atoms with Crippen molar-refractivity contribution in [3.63, 3.8) is 0 Å². The van der Waals surface area contributed by atoms with E-state index in [1.807, 2.05) is 19.1 Å². The molecule has 3 nitrogen and oxygen atoms in total. The van der Waals surface area contributed by atoms with Gasteiger partial charge in [0.1, 0.15) is 29.7 Å². The van der Waals surface area contributed by atoms with Crippen molar-refractivity contribution in [3.8, 4) is 22.6 Å². The number of hydrogen-bond acceptors (Lipinski definition) is 3. The molecule has 1 heterocycles. The smallest absolute Gasteiger partial charge is 0.461 e. The Morgan fingerprint density at radius 3 is 2.25 bits per heavy atom. The number of halogens is 6. The van der Waals surface area contributed by atoms with Crippen LogP contribution in [-0.4, -0.2) is 25.2 Å². The Bertz CT molecular complexity index is 1030. The highest BCUT2D eigenvalue weighted by molar-refractivity contribution is 5.79. The van der Waals surface area contributed by atoms with Gasteiger partial charge in [-0.2, -0.15) is 17.6 Å². The zero-order chi connectivity index (χ0) is 23.3. The van der Waals surface area contributed by atoms with Crippen LogP contribution in [0.5, 0.6) is 11.5 Å². The molecule has 0 radical (unpaired) electrons. The minimum absolute atomic E-state index is 0.215. The number of anilines is 1. The first-order chi connectivity index (χ1) is 15.2. The predicted molar refractivity (Wildman–Crippen MR) is 108 cm³/mol. The van der Waals surface area contributed by atoms with Crippen molar-refractivity contribution in [2.45, 2.75) is 25.5 Å². The van der Waals surface area contributed by atoms with Gasteiger partial charge in [-0.25, -0.2) is 8.78 Å². The molecule has 1 unspecified atom stereocenters. The number of ether oxygens (including phenoxy) is 2. The van der Waals surface area contributed by atoms with Gasteiger partial charge in [-0.15, -0.1) is 0 Å². The van der Waals surface area contributed by atoms with Crippen LogP contribution in [0.3, 0.4) is 0 Å². The summed E-state index contributed by atoms with van der Waals surface area (Å²) < 4.78 is 83.9. The van der Waals surface area contributed by atoms with Crippen molar-refractivity contribution in [1.29, 1.82) is 0 Å². The van der Waals surface area contributed by atoms with E-state index in [2.05, 4.69) is 10.1 Å². The fraction of sp³-hybridized carbons (Fsp3) is 0.217. The summed E-state index contributed by atoms with van der Waals surface area (Å²) in [5.74, 6) is -0.826. The molecule has 3 aromatic rings. The molecule has 1 atom stereocenters. The van der Waals surface area contributed by atoms with Crippen molar-refractivity contribution in [1.82, 2.24) is 0 Å². The summed E-state index contributed by atoms with van der Waals surface area (Å²) in [6.45, 7) is 2.54. The SMILES string of the molecule is CC1COc2c(cccc2-c2cc(F)cc(F)c2)N1.FC(F)C(F)(F)Oc1ccccc1. The first-order valence-electron chi connectivity index (χ1n) is 9.54. The van der Waals surface area contributed by atoms with Gasteiger partial charge in [0.05, 0.1) is 11.7 Å². The molecule has 170 valence electrons. The van der Waals surface area contributed by atoms with Gasteiger partial charge in [-0.3, -0.25) is 0 Å². The fourth-order valence-corrected chi connectivity index (χ4v) is 2.95. The molecule has 0 bridgehead atoms. The third-order valence-corrected chi connectivity index (χ3v) is 4.32. The molecule has 3 aromatic carbocycles. The largest absolute Gasteiger partial charge is 0.489 e. The summed E-state index contributed by atoms with van der Waals surface area (Å²) >= 11 is 0. The monoisotopic (exact) mass is 455 g/mol. The molecule has 1 aliphatic rings. The average molecular weight is 455 g/mol. The molecule has 1 aliphatic heterocycles. The normalized spacial score (nSPS) is 15.1. The molecular formula is C23H19F6NO2. The third kappa shape index (κ3) is 5.87. The van der Waals surface area contributed by atoms with Crippen molar-refractivity contribution in [2.24, 2.45) is 0 Å². The lowest BCUT2D eigenvalue weighted by Gasteiger charge is -2.26. The highest BCUT2D eigenvalue weighted by Gasteiger charge is 2.43. The number of rotatable bonds is 4. The van der Waals surface area contributed by atoms with E-state index < -0.39 is 24.2 Å². The van der Waals surface area contributed by atoms with Crippen LogP contribution in [0.2, 0.25) is 0 Å². The third-order valence-electron chi connectivity index (χ3n) is 4.32. The van der Waals surface area contributed by atoms with Crippen LogP contribution in [0.25, 0.3) is 11.1 Å². The predicted octanol–water partition coefficient (Wildman–Crippen LogP) is 6.75. The zero-order valence-corrected chi connectivity index (χ0v) is 16.8. The Hall–Kier alpha value is -3.36. The lowest BCUT2D eigenvalue weighted by atomic mass is 10.0. The van der Waals surface area contributed by atoms with Crippen LogP contribution in [0.15, 0.2) is 66.7 Å². The van der Waals surface area contributed by atoms with E-state index in [-0.39, 0.29) is 11.8 Å². The molecule has 0 aromatic heterocycles. The standard InChI is InChI=1S/C15H13F2NO.C8H6F4O/c1-9-8-19-15-13(3-2-4-14(15)18-9)10-5-11(16)7-12(17)6-10;9-7(10)8(11,12)13-6-4-2-1-3-5-6/h2-7,9,18H,8H2,1H3;1-5,7H. The first kappa shape index (κ1) is 23.3. The molecule has 32 heavy (non-hydrogen) atoms. The summed E-state index contributed by atoms with van der Waals surface area (Å²) in [4.78, 5) is 0. The van der Waals surface area contributed by atoms with Gasteiger partial charge in [-0.1, -0.05) is 30.3 Å². The van der Waals surface area contributed by atoms with Crippen molar-refractivity contribution >= 4 is 5.69 Å². The number of hydrogen-bond donors (Lipinski definition) is 1. The Labute approximate surface area is 180 Å². The second-order valence-corrected chi connectivity index (χ2v) is 6.97. The van der Waals surface area contributed by atoms with E-state index in [0.29, 0.717) is 23.5 Å². The average Bonchev–Trinajstić information content (AvgIpc) is 2.73. The fourth-order valence-electron chi connectivity index (χ4n) is 2.95. The van der Waals surface area contributed by atoms with E-state index in [1.54, 1.807) is 12.1 Å². The van der Waals surface area contributed by atoms with Crippen LogP contribution >= 0.6 is 0 Å². The summed E-state index contributed by atoms with van der Waals surface area (Å²) in [6.07, 6.45) is -8.26. The summed E-state index contributed by atoms with van der Waals surface area (Å²) in [6, 6.07) is 16.0. The van der Waals surface area contributed by atoms with Crippen LogP contribution < -0.4 is 14.8 Å². The quantitative estimate of drug-likeness (QED) is 0.442. The van der Waals surface area contributed by atoms with Gasteiger partial charge in [0, 0.05) is 11.6 Å². The zero-order valence-electron chi connectivity index (χ0n) is 16.8. The first-order valence-corrected chi connectivity index (χ1v) is 9.54. The molecule has 1 N–H and O–H groups in total. The summed E-state index contributed by atoms with van der Waals surface area (Å²) in [7, 11) is 0. The van der Waals surface area contributed by atoms with E-state index in [9.17, 15) is 26.3 Å². The van der Waals surface area contributed by atoms with E-state index in [4.69, 9.17) is 4.74 Å². The van der Waals surface area contributed by atoms with Gasteiger partial charge < -0.3 is 14.8 Å². The Kier molecular flexibility index (Phi) is 7.17. The van der Waals surface area contributed by atoms with Gasteiger partial charge >= 0.3 is 12.5 Å². The molecule has 0 saturated carbocycles. The van der Waals surface area contributed by atoms with Crippen molar-refractivity contribution in [2.75, 3.05) is 11.9 Å². The summed E-state index contributed by atoms with van der Waals surface area (Å²) in [5, 5.41) is 3.29. The number of nitrogens with one attached hydrogen (secondary N) is 1. The number of benzene rings is 3. The van der Waals surface area contributed by atoms with Crippen LogP contribution in [0, 0.1) is 11.6 Å². The second-order valence-electron chi connectivity index (χ2n) is 6.97. The van der Waals surface area contributed by atoms with Crippen LogP contribution in [0.1, 0.15) is 6.92 Å². The number of para-hydroxylation sites is 2. The highest BCUT2D eigenvalue weighted by Crippen LogP contribution is 2.39. The molecular weight excluding hydrogens is 436 g/mol. The molecule has 9 heteroatoms. The molecule has 0 aliphatic carbocycles. The second kappa shape index (κ2) is 9.84. The van der Waals surface area contributed by atoms with Crippen molar-refractivity contribution < 1.29 is 35.8 Å². The minimum atomic E-state index is -4.43. The molecule has 0 amide bonds. The van der Waals surface area contributed by atoms with Gasteiger partial charge in [0.25, 0.3) is 0 Å².